The molecule has 5 nitrogen and oxygen atoms in total. The number of aryl methyl sites for hydroxylation is 1. The minimum absolute atomic E-state index is 0.0230. The minimum atomic E-state index is -0.114. The number of hydrogen-bond acceptors (Lipinski definition) is 4. The molecule has 0 aromatic heterocycles. The Morgan fingerprint density at radius 2 is 1.85 bits per heavy atom. The lowest BCUT2D eigenvalue weighted by atomic mass is 10.1. The molecule has 0 saturated carbocycles. The zero-order chi connectivity index (χ0) is 23.9. The molecule has 4 rings (SSSR count). The molecule has 174 valence electrons. The summed E-state index contributed by atoms with van der Waals surface area (Å²) >= 11 is 1.48. The predicted octanol–water partition coefficient (Wildman–Crippen LogP) is 5.44. The fourth-order valence-electron chi connectivity index (χ4n) is 3.81. The summed E-state index contributed by atoms with van der Waals surface area (Å²) in [6.07, 6.45) is 2.67. The third kappa shape index (κ3) is 5.76. The van der Waals surface area contributed by atoms with Crippen molar-refractivity contribution in [3.05, 3.63) is 100.0 Å². The van der Waals surface area contributed by atoms with E-state index in [2.05, 4.69) is 24.4 Å². The van der Waals surface area contributed by atoms with E-state index in [4.69, 9.17) is 4.74 Å². The lowest BCUT2D eigenvalue weighted by molar-refractivity contribution is -0.114. The minimum Gasteiger partial charge on any atom is -0.385 e. The van der Waals surface area contributed by atoms with Crippen molar-refractivity contribution in [1.82, 2.24) is 5.32 Å². The van der Waals surface area contributed by atoms with Gasteiger partial charge in [0.15, 0.2) is 0 Å². The monoisotopic (exact) mass is 472 g/mol. The molecule has 0 spiro atoms. The largest absolute Gasteiger partial charge is 0.385 e. The number of thioether (sulfide) groups is 1. The van der Waals surface area contributed by atoms with Crippen molar-refractivity contribution in [3.8, 4) is 0 Å². The van der Waals surface area contributed by atoms with E-state index in [0.717, 1.165) is 28.1 Å². The Morgan fingerprint density at radius 3 is 2.62 bits per heavy atom. The van der Waals surface area contributed by atoms with Crippen LogP contribution in [0.4, 0.5) is 5.69 Å². The second-order valence-corrected chi connectivity index (χ2v) is 9.27. The second kappa shape index (κ2) is 11.2. The highest BCUT2D eigenvalue weighted by Gasteiger charge is 2.29. The molecule has 34 heavy (non-hydrogen) atoms. The molecule has 0 atom stereocenters. The number of hydrogen-bond donors (Lipinski definition) is 1. The van der Waals surface area contributed by atoms with Crippen molar-refractivity contribution in [2.45, 2.75) is 24.8 Å². The maximum atomic E-state index is 13.5. The summed E-state index contributed by atoms with van der Waals surface area (Å²) in [5.41, 5.74) is 4.66. The van der Waals surface area contributed by atoms with Crippen LogP contribution in [0, 0.1) is 6.92 Å². The average molecular weight is 473 g/mol. The molecule has 0 saturated heterocycles. The van der Waals surface area contributed by atoms with E-state index in [9.17, 15) is 9.59 Å². The smallest absolute Gasteiger partial charge is 0.265 e. The van der Waals surface area contributed by atoms with Gasteiger partial charge < -0.3 is 15.0 Å². The molecule has 1 aliphatic heterocycles. The summed E-state index contributed by atoms with van der Waals surface area (Å²) in [6, 6.07) is 23.5. The van der Waals surface area contributed by atoms with Gasteiger partial charge in [-0.05, 0) is 54.8 Å². The molecule has 0 unspecified atom stereocenters. The Kier molecular flexibility index (Phi) is 7.83. The maximum absolute atomic E-state index is 13.5. The van der Waals surface area contributed by atoms with Crippen molar-refractivity contribution in [2.75, 3.05) is 25.2 Å². The summed E-state index contributed by atoms with van der Waals surface area (Å²) < 4.78 is 5.00. The fourth-order valence-corrected chi connectivity index (χ4v) is 4.87. The lowest BCUT2D eigenvalue weighted by Gasteiger charge is -2.30. The van der Waals surface area contributed by atoms with Crippen molar-refractivity contribution >= 4 is 35.3 Å². The van der Waals surface area contributed by atoms with Gasteiger partial charge in [-0.1, -0.05) is 65.9 Å². The summed E-state index contributed by atoms with van der Waals surface area (Å²) in [7, 11) is 1.64. The van der Waals surface area contributed by atoms with Crippen LogP contribution in [0.25, 0.3) is 6.08 Å². The van der Waals surface area contributed by atoms with Crippen LogP contribution in [0.1, 0.15) is 33.5 Å². The highest BCUT2D eigenvalue weighted by atomic mass is 32.2. The third-order valence-corrected chi connectivity index (χ3v) is 6.61. The molecular formula is C28H28N2O3S. The Labute approximate surface area is 204 Å². The molecule has 0 aliphatic carbocycles. The average Bonchev–Trinajstić information content (AvgIpc) is 2.85. The van der Waals surface area contributed by atoms with Gasteiger partial charge in [-0.15, -0.1) is 0 Å². The van der Waals surface area contributed by atoms with Gasteiger partial charge in [0.2, 0.25) is 0 Å². The molecule has 2 amide bonds. The topological polar surface area (TPSA) is 58.6 Å². The van der Waals surface area contributed by atoms with E-state index >= 15 is 0 Å². The number of carbonyl (C=O) groups excluding carboxylic acids is 2. The number of rotatable bonds is 8. The zero-order valence-electron chi connectivity index (χ0n) is 19.4. The third-order valence-electron chi connectivity index (χ3n) is 5.54. The van der Waals surface area contributed by atoms with Crippen LogP contribution in [0.3, 0.4) is 0 Å². The number of nitrogens with zero attached hydrogens (tertiary/aromatic N) is 1. The normalized spacial score (nSPS) is 14.2. The first-order chi connectivity index (χ1) is 16.5. The predicted molar refractivity (Wildman–Crippen MR) is 138 cm³/mol. The number of fused-ring (bicyclic) bond motifs is 1. The van der Waals surface area contributed by atoms with Gasteiger partial charge in [0, 0.05) is 30.7 Å². The Balaban J connectivity index is 1.54. The van der Waals surface area contributed by atoms with Crippen molar-refractivity contribution in [2.24, 2.45) is 0 Å². The van der Waals surface area contributed by atoms with Crippen LogP contribution in [-0.4, -0.2) is 32.1 Å². The summed E-state index contributed by atoms with van der Waals surface area (Å²) in [4.78, 5) is 29.3. The van der Waals surface area contributed by atoms with E-state index < -0.39 is 0 Å². The SMILES string of the molecule is COCCCNC(=O)c1ccc(/C=C2/Sc3ccccc3N(Cc3cccc(C)c3)C2=O)cc1. The van der Waals surface area contributed by atoms with Crippen LogP contribution in [0.15, 0.2) is 82.6 Å². The number of methoxy groups -OCH3 is 1. The second-order valence-electron chi connectivity index (χ2n) is 8.18. The molecule has 6 heteroatoms. The number of nitrogens with one attached hydrogen (secondary N) is 1. The highest BCUT2D eigenvalue weighted by molar-refractivity contribution is 8.04. The Hall–Kier alpha value is -3.35. The molecule has 1 heterocycles. The number of carbonyl (C=O) groups is 2. The van der Waals surface area contributed by atoms with Crippen LogP contribution in [-0.2, 0) is 16.1 Å². The highest BCUT2D eigenvalue weighted by Crippen LogP contribution is 2.42. The number of benzene rings is 3. The molecule has 1 N–H and O–H groups in total. The molecule has 1 aliphatic rings. The fraction of sp³-hybridized carbons (Fsp3) is 0.214. The first-order valence-electron chi connectivity index (χ1n) is 11.3. The molecule has 0 fully saturated rings. The molecule has 3 aromatic carbocycles. The van der Waals surface area contributed by atoms with Crippen molar-refractivity contribution in [1.29, 1.82) is 0 Å². The van der Waals surface area contributed by atoms with Gasteiger partial charge in [0.1, 0.15) is 0 Å². The number of amides is 2. The van der Waals surface area contributed by atoms with E-state index in [1.807, 2.05) is 59.5 Å². The van der Waals surface area contributed by atoms with E-state index in [0.29, 0.717) is 30.2 Å². The van der Waals surface area contributed by atoms with Gasteiger partial charge in [-0.2, -0.15) is 0 Å². The van der Waals surface area contributed by atoms with Crippen LogP contribution in [0.5, 0.6) is 0 Å². The van der Waals surface area contributed by atoms with Gasteiger partial charge in [-0.25, -0.2) is 0 Å². The van der Waals surface area contributed by atoms with Gasteiger partial charge in [-0.3, -0.25) is 9.59 Å². The number of anilines is 1. The quantitative estimate of drug-likeness (QED) is 0.350. The number of ether oxygens (including phenoxy) is 1. The summed E-state index contributed by atoms with van der Waals surface area (Å²) in [5, 5.41) is 2.89. The van der Waals surface area contributed by atoms with E-state index in [1.165, 1.54) is 17.3 Å². The summed E-state index contributed by atoms with van der Waals surface area (Å²) in [5.74, 6) is -0.137. The van der Waals surface area contributed by atoms with E-state index in [1.54, 1.807) is 19.2 Å². The molecular weight excluding hydrogens is 444 g/mol. The standard InChI is InChI=1S/C28H28N2O3S/c1-20-7-5-8-22(17-20)19-30-24-9-3-4-10-25(24)34-26(28(30)32)18-21-11-13-23(14-12-21)27(31)29-15-6-16-33-2/h3-5,7-14,17-18H,6,15-16,19H2,1-2H3,(H,29,31)/b26-18+. The summed E-state index contributed by atoms with van der Waals surface area (Å²) in [6.45, 7) is 3.75. The van der Waals surface area contributed by atoms with E-state index in [-0.39, 0.29) is 11.8 Å². The Morgan fingerprint density at radius 1 is 1.06 bits per heavy atom. The van der Waals surface area contributed by atoms with Crippen molar-refractivity contribution < 1.29 is 14.3 Å². The van der Waals surface area contributed by atoms with Crippen molar-refractivity contribution in [3.63, 3.8) is 0 Å². The van der Waals surface area contributed by atoms with Crippen LogP contribution >= 0.6 is 11.8 Å². The van der Waals surface area contributed by atoms with Gasteiger partial charge in [0.05, 0.1) is 17.1 Å². The maximum Gasteiger partial charge on any atom is 0.265 e. The van der Waals surface area contributed by atoms with Crippen LogP contribution < -0.4 is 10.2 Å². The molecule has 0 radical (unpaired) electrons. The Bertz CT molecular complexity index is 1200. The molecule has 0 bridgehead atoms. The van der Waals surface area contributed by atoms with Gasteiger partial charge >= 0.3 is 0 Å². The first kappa shape index (κ1) is 23.8. The zero-order valence-corrected chi connectivity index (χ0v) is 20.2. The van der Waals surface area contributed by atoms with Crippen LogP contribution in [0.2, 0.25) is 0 Å². The molecule has 3 aromatic rings. The lowest BCUT2D eigenvalue weighted by Crippen LogP contribution is -2.33. The number of para-hydroxylation sites is 1. The first-order valence-corrected chi connectivity index (χ1v) is 12.1. The van der Waals surface area contributed by atoms with Gasteiger partial charge in [0.25, 0.3) is 11.8 Å².